The highest BCUT2D eigenvalue weighted by Crippen LogP contribution is 2.24. The van der Waals surface area contributed by atoms with Crippen molar-refractivity contribution in [2.45, 2.75) is 79.3 Å². The molecule has 1 rings (SSSR count). The Morgan fingerprint density at radius 1 is 0.906 bits per heavy atom. The lowest BCUT2D eigenvalue weighted by molar-refractivity contribution is -0.144. The first-order valence-corrected chi connectivity index (χ1v) is 11.2. The SMILES string of the molecule is CC(C)(C)CCN(CCC(C)(C)C)[C@@H](CC(=O)O)C(=O)N[C@@H](Cc1ccccc1)C(=O)O. The first-order valence-electron chi connectivity index (χ1n) is 11.2. The highest BCUT2D eigenvalue weighted by atomic mass is 16.4. The molecule has 2 atom stereocenters. The van der Waals surface area contributed by atoms with Gasteiger partial charge < -0.3 is 15.5 Å². The average Bonchev–Trinajstić information content (AvgIpc) is 2.65. The number of carbonyl (C=O) groups excluding carboxylic acids is 1. The smallest absolute Gasteiger partial charge is 0.326 e. The zero-order valence-electron chi connectivity index (χ0n) is 20.4. The third-order valence-corrected chi connectivity index (χ3v) is 5.31. The highest BCUT2D eigenvalue weighted by molar-refractivity contribution is 5.89. The number of rotatable bonds is 12. The molecule has 1 amide bonds. The molecule has 3 N–H and O–H groups in total. The molecule has 7 nitrogen and oxygen atoms in total. The summed E-state index contributed by atoms with van der Waals surface area (Å²) in [6.45, 7) is 13.7. The zero-order chi connectivity index (χ0) is 24.5. The number of amides is 1. The van der Waals surface area contributed by atoms with Gasteiger partial charge >= 0.3 is 11.9 Å². The van der Waals surface area contributed by atoms with Crippen LogP contribution in [0.1, 0.15) is 66.4 Å². The molecule has 0 heterocycles. The van der Waals surface area contributed by atoms with Crippen molar-refractivity contribution in [1.29, 1.82) is 0 Å². The van der Waals surface area contributed by atoms with Gasteiger partial charge in [-0.3, -0.25) is 14.5 Å². The molecule has 0 aliphatic carbocycles. The van der Waals surface area contributed by atoms with Gasteiger partial charge in [-0.2, -0.15) is 0 Å². The minimum atomic E-state index is -1.15. The second-order valence-electron chi connectivity index (χ2n) is 10.9. The summed E-state index contributed by atoms with van der Waals surface area (Å²) >= 11 is 0. The second kappa shape index (κ2) is 12.0. The first-order chi connectivity index (χ1) is 14.7. The topological polar surface area (TPSA) is 107 Å². The Morgan fingerprint density at radius 2 is 1.41 bits per heavy atom. The molecule has 0 saturated carbocycles. The van der Waals surface area contributed by atoms with Gasteiger partial charge in [-0.1, -0.05) is 71.9 Å². The van der Waals surface area contributed by atoms with Gasteiger partial charge in [0, 0.05) is 6.42 Å². The molecule has 0 aliphatic rings. The van der Waals surface area contributed by atoms with Crippen molar-refractivity contribution in [3.05, 3.63) is 35.9 Å². The third-order valence-electron chi connectivity index (χ3n) is 5.31. The fourth-order valence-corrected chi connectivity index (χ4v) is 3.25. The van der Waals surface area contributed by atoms with E-state index in [0.717, 1.165) is 18.4 Å². The number of nitrogens with one attached hydrogen (secondary N) is 1. The Hall–Kier alpha value is -2.41. The van der Waals surface area contributed by atoms with Crippen molar-refractivity contribution >= 4 is 17.8 Å². The molecule has 0 radical (unpaired) electrons. The van der Waals surface area contributed by atoms with Crippen LogP contribution in [0.15, 0.2) is 30.3 Å². The number of nitrogens with zero attached hydrogens (tertiary/aromatic N) is 1. The lowest BCUT2D eigenvalue weighted by Crippen LogP contribution is -2.53. The summed E-state index contributed by atoms with van der Waals surface area (Å²) < 4.78 is 0. The monoisotopic (exact) mass is 448 g/mol. The fourth-order valence-electron chi connectivity index (χ4n) is 3.25. The summed E-state index contributed by atoms with van der Waals surface area (Å²) in [5, 5.41) is 21.8. The van der Waals surface area contributed by atoms with Gasteiger partial charge in [0.25, 0.3) is 0 Å². The maximum atomic E-state index is 13.2. The van der Waals surface area contributed by atoms with Crippen LogP contribution in [0, 0.1) is 10.8 Å². The molecule has 32 heavy (non-hydrogen) atoms. The van der Waals surface area contributed by atoms with Crippen LogP contribution in [0.3, 0.4) is 0 Å². The molecule has 0 unspecified atom stereocenters. The number of aliphatic carboxylic acids is 2. The van der Waals surface area contributed by atoms with E-state index in [9.17, 15) is 24.6 Å². The molecule has 1 aromatic rings. The van der Waals surface area contributed by atoms with Gasteiger partial charge in [-0.15, -0.1) is 0 Å². The quantitative estimate of drug-likeness (QED) is 0.449. The van der Waals surface area contributed by atoms with E-state index >= 15 is 0 Å². The fraction of sp³-hybridized carbons (Fsp3) is 0.640. The molecule has 0 aromatic heterocycles. The lowest BCUT2D eigenvalue weighted by atomic mass is 9.90. The Kier molecular flexibility index (Phi) is 10.4. The molecular formula is C25H40N2O5. The predicted octanol–water partition coefficient (Wildman–Crippen LogP) is 3.82. The summed E-state index contributed by atoms with van der Waals surface area (Å²) in [5.41, 5.74) is 0.815. The van der Waals surface area contributed by atoms with Crippen molar-refractivity contribution in [2.24, 2.45) is 10.8 Å². The molecule has 0 bridgehead atoms. The van der Waals surface area contributed by atoms with Crippen molar-refractivity contribution < 1.29 is 24.6 Å². The van der Waals surface area contributed by atoms with Crippen LogP contribution >= 0.6 is 0 Å². The van der Waals surface area contributed by atoms with Gasteiger partial charge in [0.1, 0.15) is 6.04 Å². The van der Waals surface area contributed by atoms with Gasteiger partial charge in [0.2, 0.25) is 5.91 Å². The Morgan fingerprint density at radius 3 is 1.81 bits per heavy atom. The summed E-state index contributed by atoms with van der Waals surface area (Å²) in [5.74, 6) is -2.79. The summed E-state index contributed by atoms with van der Waals surface area (Å²) in [7, 11) is 0. The van der Waals surface area contributed by atoms with E-state index in [-0.39, 0.29) is 23.7 Å². The Bertz CT molecular complexity index is 732. The van der Waals surface area contributed by atoms with Crippen molar-refractivity contribution in [1.82, 2.24) is 10.2 Å². The second-order valence-corrected chi connectivity index (χ2v) is 10.9. The largest absolute Gasteiger partial charge is 0.481 e. The molecule has 180 valence electrons. The molecule has 1 aromatic carbocycles. The van der Waals surface area contributed by atoms with Crippen LogP contribution < -0.4 is 5.32 Å². The van der Waals surface area contributed by atoms with Gasteiger partial charge in [-0.25, -0.2) is 4.79 Å². The minimum absolute atomic E-state index is 0.0150. The number of carboxylic acids is 2. The van der Waals surface area contributed by atoms with Crippen LogP contribution in [0.2, 0.25) is 0 Å². The zero-order valence-corrected chi connectivity index (χ0v) is 20.4. The van der Waals surface area contributed by atoms with Gasteiger partial charge in [0.05, 0.1) is 12.5 Å². The summed E-state index contributed by atoms with van der Waals surface area (Å²) in [6, 6.07) is 6.99. The summed E-state index contributed by atoms with van der Waals surface area (Å²) in [6.07, 6.45) is 1.32. The minimum Gasteiger partial charge on any atom is -0.481 e. The van der Waals surface area contributed by atoms with E-state index in [1.807, 2.05) is 23.1 Å². The highest BCUT2D eigenvalue weighted by Gasteiger charge is 2.32. The van der Waals surface area contributed by atoms with E-state index < -0.39 is 29.9 Å². The summed E-state index contributed by atoms with van der Waals surface area (Å²) in [4.78, 5) is 38.5. The van der Waals surface area contributed by atoms with Crippen LogP contribution in [0.5, 0.6) is 0 Å². The normalized spacial score (nSPS) is 14.1. The maximum absolute atomic E-state index is 13.2. The molecule has 0 spiro atoms. The van der Waals surface area contributed by atoms with E-state index in [0.29, 0.717) is 13.1 Å². The lowest BCUT2D eigenvalue weighted by Gasteiger charge is -2.34. The predicted molar refractivity (Wildman–Crippen MR) is 125 cm³/mol. The van der Waals surface area contributed by atoms with E-state index in [4.69, 9.17) is 0 Å². The average molecular weight is 449 g/mol. The standard InChI is InChI=1S/C25H40N2O5/c1-24(2,3)12-14-27(15-13-25(4,5)6)20(17-21(28)29)22(30)26-19(23(31)32)16-18-10-8-7-9-11-18/h7-11,19-20H,12-17H2,1-6H3,(H,26,30)(H,28,29)(H,31,32)/t19-,20-/m0/s1. The van der Waals surface area contributed by atoms with Crippen LogP contribution in [0.4, 0.5) is 0 Å². The number of benzene rings is 1. The van der Waals surface area contributed by atoms with Crippen LogP contribution in [-0.4, -0.2) is 58.1 Å². The van der Waals surface area contributed by atoms with E-state index in [1.54, 1.807) is 12.1 Å². The van der Waals surface area contributed by atoms with Crippen molar-refractivity contribution in [3.63, 3.8) is 0 Å². The van der Waals surface area contributed by atoms with E-state index in [1.165, 1.54) is 0 Å². The molecule has 0 aliphatic heterocycles. The van der Waals surface area contributed by atoms with Crippen molar-refractivity contribution in [2.75, 3.05) is 13.1 Å². The third kappa shape index (κ3) is 11.3. The number of hydrogen-bond acceptors (Lipinski definition) is 4. The van der Waals surface area contributed by atoms with E-state index in [2.05, 4.69) is 46.9 Å². The van der Waals surface area contributed by atoms with Crippen LogP contribution in [0.25, 0.3) is 0 Å². The molecule has 0 fully saturated rings. The molecular weight excluding hydrogens is 408 g/mol. The molecule has 0 saturated heterocycles. The first kappa shape index (κ1) is 27.6. The van der Waals surface area contributed by atoms with Gasteiger partial charge in [0.15, 0.2) is 0 Å². The van der Waals surface area contributed by atoms with Crippen LogP contribution in [-0.2, 0) is 20.8 Å². The number of carbonyl (C=O) groups is 3. The van der Waals surface area contributed by atoms with Crippen molar-refractivity contribution in [3.8, 4) is 0 Å². The number of carboxylic acid groups (broad SMARTS) is 2. The molecule has 7 heteroatoms. The van der Waals surface area contributed by atoms with Gasteiger partial charge in [-0.05, 0) is 42.3 Å². The Labute approximate surface area is 192 Å². The Balaban J connectivity index is 3.09. The number of hydrogen-bond donors (Lipinski definition) is 3. The maximum Gasteiger partial charge on any atom is 0.326 e.